The molecule has 4 aromatic rings. The van der Waals surface area contributed by atoms with Crippen LogP contribution in [0.1, 0.15) is 18.9 Å². The molecule has 0 bridgehead atoms. The smallest absolute Gasteiger partial charge is 0.425 e. The van der Waals surface area contributed by atoms with Gasteiger partial charge in [0.25, 0.3) is 5.56 Å². The van der Waals surface area contributed by atoms with E-state index in [4.69, 9.17) is 16.3 Å². The molecule has 1 N–H and O–H groups in total. The van der Waals surface area contributed by atoms with Crippen LogP contribution in [0.25, 0.3) is 11.2 Å². The standard InChI is InChI=1S/C25H24ClF3N4O5/c1-3-15(14-34)12-33-22(35)20-21(31(2)24(33)36)30-23(32(20)13-16-7-9-17(26)10-8-16)37-18-5-4-6-19(11-18)38-25(27,28)29/h4-11,15,34H,3,12-14H2,1-2H3. The van der Waals surface area contributed by atoms with Crippen LogP contribution < -0.4 is 20.7 Å². The monoisotopic (exact) mass is 552 g/mol. The predicted molar refractivity (Wildman–Crippen MR) is 134 cm³/mol. The van der Waals surface area contributed by atoms with Crippen LogP contribution in [0.3, 0.4) is 0 Å². The minimum atomic E-state index is -4.89. The summed E-state index contributed by atoms with van der Waals surface area (Å²) in [6.45, 7) is 1.70. The Balaban J connectivity index is 1.88. The van der Waals surface area contributed by atoms with Crippen LogP contribution in [-0.4, -0.2) is 36.8 Å². The van der Waals surface area contributed by atoms with E-state index in [0.29, 0.717) is 17.0 Å². The number of nitrogens with zero attached hydrogens (tertiary/aromatic N) is 4. The van der Waals surface area contributed by atoms with Gasteiger partial charge in [0, 0.05) is 31.3 Å². The highest BCUT2D eigenvalue weighted by molar-refractivity contribution is 6.30. The van der Waals surface area contributed by atoms with Crippen LogP contribution in [-0.2, 0) is 20.1 Å². The summed E-state index contributed by atoms with van der Waals surface area (Å²) in [6.07, 6.45) is -4.35. The molecule has 1 atom stereocenters. The lowest BCUT2D eigenvalue weighted by atomic mass is 10.1. The van der Waals surface area contributed by atoms with Crippen molar-refractivity contribution in [2.24, 2.45) is 13.0 Å². The third-order valence-electron chi connectivity index (χ3n) is 5.98. The van der Waals surface area contributed by atoms with Crippen molar-refractivity contribution in [3.8, 4) is 17.5 Å². The van der Waals surface area contributed by atoms with Gasteiger partial charge in [-0.25, -0.2) is 4.79 Å². The van der Waals surface area contributed by atoms with Crippen LogP contribution in [0.2, 0.25) is 5.02 Å². The van der Waals surface area contributed by atoms with Crippen molar-refractivity contribution in [1.82, 2.24) is 18.7 Å². The van der Waals surface area contributed by atoms with Gasteiger partial charge < -0.3 is 14.6 Å². The number of aliphatic hydroxyl groups is 1. The molecule has 0 aliphatic heterocycles. The number of hydrogen-bond donors (Lipinski definition) is 1. The summed E-state index contributed by atoms with van der Waals surface area (Å²) in [5, 5.41) is 10.1. The molecule has 9 nitrogen and oxygen atoms in total. The zero-order valence-electron chi connectivity index (χ0n) is 20.4. The number of fused-ring (bicyclic) bond motifs is 1. The van der Waals surface area contributed by atoms with Gasteiger partial charge >= 0.3 is 18.1 Å². The van der Waals surface area contributed by atoms with E-state index < -0.39 is 23.4 Å². The van der Waals surface area contributed by atoms with Gasteiger partial charge in [0.2, 0.25) is 0 Å². The summed E-state index contributed by atoms with van der Waals surface area (Å²) >= 11 is 6.00. The van der Waals surface area contributed by atoms with Crippen LogP contribution >= 0.6 is 11.6 Å². The van der Waals surface area contributed by atoms with E-state index in [1.165, 1.54) is 28.3 Å². The SMILES string of the molecule is CCC(CO)Cn1c(=O)c2c(nc(Oc3cccc(OC(F)(F)F)c3)n2Cc2ccc(Cl)cc2)n(C)c1=O. The zero-order valence-corrected chi connectivity index (χ0v) is 21.2. The first-order valence-corrected chi connectivity index (χ1v) is 12.0. The summed E-state index contributed by atoms with van der Waals surface area (Å²) in [6, 6.07) is 11.5. The minimum Gasteiger partial charge on any atom is -0.425 e. The third-order valence-corrected chi connectivity index (χ3v) is 6.23. The Labute approximate surface area is 219 Å². The molecular weight excluding hydrogens is 529 g/mol. The first-order valence-electron chi connectivity index (χ1n) is 11.6. The number of benzene rings is 2. The summed E-state index contributed by atoms with van der Waals surface area (Å²) in [4.78, 5) is 31.0. The van der Waals surface area contributed by atoms with Crippen molar-refractivity contribution >= 4 is 22.8 Å². The molecule has 0 radical (unpaired) electrons. The van der Waals surface area contributed by atoms with Gasteiger partial charge in [-0.05, 0) is 42.2 Å². The van der Waals surface area contributed by atoms with Crippen LogP contribution in [0.15, 0.2) is 58.1 Å². The van der Waals surface area contributed by atoms with Gasteiger partial charge in [-0.2, -0.15) is 4.98 Å². The first kappa shape index (κ1) is 27.3. The van der Waals surface area contributed by atoms with Crippen molar-refractivity contribution in [3.63, 3.8) is 0 Å². The highest BCUT2D eigenvalue weighted by Gasteiger charge is 2.31. The second-order valence-electron chi connectivity index (χ2n) is 8.62. The van der Waals surface area contributed by atoms with Crippen LogP contribution in [0, 0.1) is 5.92 Å². The number of aromatic nitrogens is 4. The van der Waals surface area contributed by atoms with Crippen molar-refractivity contribution in [3.05, 3.63) is 80.0 Å². The Kier molecular flexibility index (Phi) is 7.83. The van der Waals surface area contributed by atoms with Gasteiger partial charge in [-0.3, -0.25) is 18.5 Å². The van der Waals surface area contributed by atoms with Crippen LogP contribution in [0.4, 0.5) is 13.2 Å². The molecule has 38 heavy (non-hydrogen) atoms. The molecule has 0 aliphatic carbocycles. The maximum Gasteiger partial charge on any atom is 0.573 e. The molecule has 13 heteroatoms. The van der Waals surface area contributed by atoms with E-state index >= 15 is 0 Å². The van der Waals surface area contributed by atoms with Gasteiger partial charge in [0.05, 0.1) is 6.54 Å². The van der Waals surface area contributed by atoms with E-state index in [1.54, 1.807) is 24.3 Å². The summed E-state index contributed by atoms with van der Waals surface area (Å²) in [5.41, 5.74) is -0.472. The topological polar surface area (TPSA) is 101 Å². The zero-order chi connectivity index (χ0) is 27.6. The predicted octanol–water partition coefficient (Wildman–Crippen LogP) is 4.31. The summed E-state index contributed by atoms with van der Waals surface area (Å²) in [7, 11) is 1.45. The molecule has 1 unspecified atom stereocenters. The normalized spacial score (nSPS) is 12.6. The number of alkyl halides is 3. The number of imidazole rings is 1. The fourth-order valence-electron chi connectivity index (χ4n) is 3.92. The summed E-state index contributed by atoms with van der Waals surface area (Å²) in [5.74, 6) is -0.853. The highest BCUT2D eigenvalue weighted by Crippen LogP contribution is 2.30. The molecule has 2 aromatic heterocycles. The molecule has 2 heterocycles. The lowest BCUT2D eigenvalue weighted by molar-refractivity contribution is -0.274. The molecule has 2 aromatic carbocycles. The lowest BCUT2D eigenvalue weighted by Crippen LogP contribution is -2.41. The van der Waals surface area contributed by atoms with Crippen molar-refractivity contribution in [2.45, 2.75) is 32.8 Å². The number of hydrogen-bond acceptors (Lipinski definition) is 6. The number of ether oxygens (including phenoxy) is 2. The molecule has 0 amide bonds. The fourth-order valence-corrected chi connectivity index (χ4v) is 4.05. The van der Waals surface area contributed by atoms with E-state index in [1.807, 2.05) is 6.92 Å². The van der Waals surface area contributed by atoms with E-state index in [9.17, 15) is 27.9 Å². The Hall–Kier alpha value is -3.77. The van der Waals surface area contributed by atoms with Gasteiger partial charge in [0.15, 0.2) is 11.2 Å². The third kappa shape index (κ3) is 5.86. The molecule has 0 saturated heterocycles. The Morgan fingerprint density at radius 1 is 1.08 bits per heavy atom. The number of aliphatic hydroxyl groups excluding tert-OH is 1. The molecule has 202 valence electrons. The van der Waals surface area contributed by atoms with Crippen molar-refractivity contribution < 1.29 is 27.8 Å². The molecule has 0 spiro atoms. The maximum absolute atomic E-state index is 13.6. The molecule has 0 fully saturated rings. The Bertz CT molecular complexity index is 1560. The van der Waals surface area contributed by atoms with E-state index in [0.717, 1.165) is 16.7 Å². The van der Waals surface area contributed by atoms with Crippen LogP contribution in [0.5, 0.6) is 17.5 Å². The molecular formula is C25H24ClF3N4O5. The number of rotatable bonds is 9. The van der Waals surface area contributed by atoms with Crippen molar-refractivity contribution in [1.29, 1.82) is 0 Å². The molecule has 0 aliphatic rings. The maximum atomic E-state index is 13.6. The van der Waals surface area contributed by atoms with Gasteiger partial charge in [0.1, 0.15) is 11.5 Å². The highest BCUT2D eigenvalue weighted by atomic mass is 35.5. The largest absolute Gasteiger partial charge is 0.573 e. The van der Waals surface area contributed by atoms with Gasteiger partial charge in [-0.15, -0.1) is 13.2 Å². The molecule has 4 rings (SSSR count). The van der Waals surface area contributed by atoms with Gasteiger partial charge in [-0.1, -0.05) is 36.7 Å². The fraction of sp³-hybridized carbons (Fsp3) is 0.320. The first-order chi connectivity index (χ1) is 18.0. The minimum absolute atomic E-state index is 0.00636. The van der Waals surface area contributed by atoms with E-state index in [2.05, 4.69) is 9.72 Å². The van der Waals surface area contributed by atoms with Crippen molar-refractivity contribution in [2.75, 3.05) is 6.61 Å². The Morgan fingerprint density at radius 3 is 2.39 bits per heavy atom. The molecule has 0 saturated carbocycles. The average molecular weight is 553 g/mol. The Morgan fingerprint density at radius 2 is 1.76 bits per heavy atom. The number of aryl methyl sites for hydroxylation is 1. The average Bonchev–Trinajstić information content (AvgIpc) is 3.21. The quantitative estimate of drug-likeness (QED) is 0.332. The second-order valence-corrected chi connectivity index (χ2v) is 9.05. The van der Waals surface area contributed by atoms with E-state index in [-0.39, 0.29) is 48.5 Å². The summed E-state index contributed by atoms with van der Waals surface area (Å²) < 4.78 is 51.6. The number of halogens is 4. The lowest BCUT2D eigenvalue weighted by Gasteiger charge is -2.15. The second kappa shape index (κ2) is 10.9.